The molecule has 2 rings (SSSR count). The lowest BCUT2D eigenvalue weighted by atomic mass is 10.1. The molecule has 12 heavy (non-hydrogen) atoms. The molecule has 0 bridgehead atoms. The van der Waals surface area contributed by atoms with Crippen molar-refractivity contribution in [1.82, 2.24) is 4.98 Å². The summed E-state index contributed by atoms with van der Waals surface area (Å²) < 4.78 is 0.414. The second-order valence-electron chi connectivity index (χ2n) is 2.86. The van der Waals surface area contributed by atoms with Gasteiger partial charge in [-0.25, -0.2) is 4.98 Å². The average molecular weight is 204 g/mol. The Hall–Kier alpha value is -0.610. The summed E-state index contributed by atoms with van der Waals surface area (Å²) in [6, 6.07) is 0. The molecule has 3 nitrogen and oxygen atoms in total. The maximum atomic E-state index is 10.8. The Kier molecular flexibility index (Phi) is 1.63. The van der Waals surface area contributed by atoms with E-state index in [0.29, 0.717) is 17.3 Å². The summed E-state index contributed by atoms with van der Waals surface area (Å²) >= 11 is 6.87. The number of hydrogen-bond acceptors (Lipinski definition) is 3. The van der Waals surface area contributed by atoms with Crippen LogP contribution in [0.3, 0.4) is 0 Å². The molecule has 0 atom stereocenters. The molecule has 0 radical (unpaired) electrons. The van der Waals surface area contributed by atoms with Crippen LogP contribution in [0.2, 0.25) is 4.47 Å². The summed E-state index contributed by atoms with van der Waals surface area (Å²) in [7, 11) is 0. The number of halogens is 1. The number of aliphatic carboxylic acids is 1. The van der Waals surface area contributed by atoms with Gasteiger partial charge in [0, 0.05) is 11.1 Å². The Bertz CT molecular complexity index is 332. The Balaban J connectivity index is 2.36. The van der Waals surface area contributed by atoms with Crippen LogP contribution < -0.4 is 0 Å². The van der Waals surface area contributed by atoms with E-state index in [1.807, 2.05) is 0 Å². The van der Waals surface area contributed by atoms with E-state index in [2.05, 4.69) is 4.98 Å². The molecule has 1 fully saturated rings. The van der Waals surface area contributed by atoms with Gasteiger partial charge < -0.3 is 5.11 Å². The van der Waals surface area contributed by atoms with Crippen LogP contribution in [-0.2, 0) is 10.2 Å². The summed E-state index contributed by atoms with van der Waals surface area (Å²) in [5.74, 6) is -0.761. The van der Waals surface area contributed by atoms with Gasteiger partial charge in [-0.3, -0.25) is 4.79 Å². The number of carboxylic acid groups (broad SMARTS) is 1. The SMILES string of the molecule is O=C(O)C1(c2cnc(Cl)s2)CC1. The number of carbonyl (C=O) groups is 1. The van der Waals surface area contributed by atoms with Crippen molar-refractivity contribution in [2.45, 2.75) is 18.3 Å². The minimum atomic E-state index is -0.761. The molecule has 0 unspecified atom stereocenters. The summed E-state index contributed by atoms with van der Waals surface area (Å²) in [6.07, 6.45) is 2.98. The highest BCUT2D eigenvalue weighted by atomic mass is 35.5. The van der Waals surface area contributed by atoms with E-state index in [1.165, 1.54) is 11.3 Å². The molecule has 5 heteroatoms. The Morgan fingerprint density at radius 2 is 2.42 bits per heavy atom. The van der Waals surface area contributed by atoms with E-state index in [4.69, 9.17) is 16.7 Å². The van der Waals surface area contributed by atoms with Crippen LogP contribution in [0, 0.1) is 0 Å². The predicted octanol–water partition coefficient (Wildman–Crippen LogP) is 1.91. The molecule has 64 valence electrons. The maximum absolute atomic E-state index is 10.8. The number of carboxylic acids is 1. The molecule has 1 saturated carbocycles. The highest BCUT2D eigenvalue weighted by Gasteiger charge is 2.53. The van der Waals surface area contributed by atoms with Crippen LogP contribution in [0.1, 0.15) is 17.7 Å². The minimum Gasteiger partial charge on any atom is -0.481 e. The number of rotatable bonds is 2. The second-order valence-corrected chi connectivity index (χ2v) is 4.48. The standard InChI is InChI=1S/C7H6ClNO2S/c8-6-9-3-4(12-6)7(1-2-7)5(10)11/h3H,1-2H2,(H,10,11). The molecule has 0 aliphatic heterocycles. The van der Waals surface area contributed by atoms with Crippen molar-refractivity contribution in [1.29, 1.82) is 0 Å². The van der Waals surface area contributed by atoms with Gasteiger partial charge >= 0.3 is 5.97 Å². The van der Waals surface area contributed by atoms with Crippen molar-refractivity contribution in [3.63, 3.8) is 0 Å². The first-order valence-electron chi connectivity index (χ1n) is 3.50. The fourth-order valence-electron chi connectivity index (χ4n) is 1.16. The summed E-state index contributed by atoms with van der Waals surface area (Å²) in [4.78, 5) is 15.4. The largest absolute Gasteiger partial charge is 0.481 e. The Morgan fingerprint density at radius 1 is 1.75 bits per heavy atom. The van der Waals surface area contributed by atoms with Gasteiger partial charge in [0.05, 0.1) is 0 Å². The lowest BCUT2D eigenvalue weighted by molar-refractivity contribution is -0.139. The van der Waals surface area contributed by atoms with Crippen molar-refractivity contribution < 1.29 is 9.90 Å². The summed E-state index contributed by atoms with van der Waals surface area (Å²) in [5, 5.41) is 8.90. The van der Waals surface area contributed by atoms with E-state index in [-0.39, 0.29) is 0 Å². The van der Waals surface area contributed by atoms with Gasteiger partial charge in [-0.05, 0) is 12.8 Å². The fraction of sp³-hybridized carbons (Fsp3) is 0.429. The van der Waals surface area contributed by atoms with Crippen molar-refractivity contribution >= 4 is 28.9 Å². The third-order valence-corrected chi connectivity index (χ3v) is 3.43. The molecule has 1 aliphatic carbocycles. The molecule has 1 aromatic heterocycles. The summed E-state index contributed by atoms with van der Waals surface area (Å²) in [5.41, 5.74) is -0.648. The minimum absolute atomic E-state index is 0.414. The van der Waals surface area contributed by atoms with E-state index >= 15 is 0 Å². The molecule has 1 heterocycles. The third kappa shape index (κ3) is 1.03. The monoisotopic (exact) mass is 203 g/mol. The number of thiazole rings is 1. The van der Waals surface area contributed by atoms with Crippen LogP contribution in [0.5, 0.6) is 0 Å². The normalized spacial score (nSPS) is 19.1. The fourth-order valence-corrected chi connectivity index (χ4v) is 2.34. The van der Waals surface area contributed by atoms with Crippen LogP contribution >= 0.6 is 22.9 Å². The van der Waals surface area contributed by atoms with Gasteiger partial charge in [0.25, 0.3) is 0 Å². The molecular formula is C7H6ClNO2S. The molecule has 1 aliphatic rings. The number of nitrogens with zero attached hydrogens (tertiary/aromatic N) is 1. The van der Waals surface area contributed by atoms with Gasteiger partial charge in [0.15, 0.2) is 4.47 Å². The molecule has 0 saturated heterocycles. The first-order chi connectivity index (χ1) is 5.65. The van der Waals surface area contributed by atoms with Crippen LogP contribution in [0.4, 0.5) is 0 Å². The zero-order valence-electron chi connectivity index (χ0n) is 6.08. The lowest BCUT2D eigenvalue weighted by Crippen LogP contribution is -2.17. The summed E-state index contributed by atoms with van der Waals surface area (Å²) in [6.45, 7) is 0. The molecule has 0 spiro atoms. The van der Waals surface area contributed by atoms with Crippen LogP contribution in [0.15, 0.2) is 6.20 Å². The van der Waals surface area contributed by atoms with Crippen molar-refractivity contribution in [2.75, 3.05) is 0 Å². The highest BCUT2D eigenvalue weighted by molar-refractivity contribution is 7.16. The highest BCUT2D eigenvalue weighted by Crippen LogP contribution is 2.50. The van der Waals surface area contributed by atoms with Gasteiger partial charge in [-0.15, -0.1) is 11.3 Å². The molecule has 1 N–H and O–H groups in total. The van der Waals surface area contributed by atoms with Crippen LogP contribution in [-0.4, -0.2) is 16.1 Å². The first-order valence-corrected chi connectivity index (χ1v) is 4.70. The predicted molar refractivity (Wildman–Crippen MR) is 45.7 cm³/mol. The van der Waals surface area contributed by atoms with Crippen LogP contribution in [0.25, 0.3) is 0 Å². The molecular weight excluding hydrogens is 198 g/mol. The zero-order valence-corrected chi connectivity index (χ0v) is 7.65. The van der Waals surface area contributed by atoms with Gasteiger partial charge in [-0.1, -0.05) is 11.6 Å². The van der Waals surface area contributed by atoms with E-state index in [0.717, 1.165) is 4.88 Å². The van der Waals surface area contributed by atoms with E-state index in [9.17, 15) is 4.79 Å². The first kappa shape index (κ1) is 8.01. The van der Waals surface area contributed by atoms with Crippen molar-refractivity contribution in [3.05, 3.63) is 15.5 Å². The topological polar surface area (TPSA) is 50.2 Å². The third-order valence-electron chi connectivity index (χ3n) is 2.11. The smallest absolute Gasteiger partial charge is 0.315 e. The quantitative estimate of drug-likeness (QED) is 0.799. The molecule has 1 aromatic rings. The van der Waals surface area contributed by atoms with Crippen molar-refractivity contribution in [3.8, 4) is 0 Å². The molecule has 0 aromatic carbocycles. The van der Waals surface area contributed by atoms with E-state index in [1.54, 1.807) is 6.20 Å². The average Bonchev–Trinajstić information content (AvgIpc) is 2.71. The zero-order chi connectivity index (χ0) is 8.77. The second kappa shape index (κ2) is 2.44. The van der Waals surface area contributed by atoms with Crippen molar-refractivity contribution in [2.24, 2.45) is 0 Å². The van der Waals surface area contributed by atoms with Gasteiger partial charge in [0.2, 0.25) is 0 Å². The molecule has 0 amide bonds. The number of hydrogen-bond donors (Lipinski definition) is 1. The van der Waals surface area contributed by atoms with Gasteiger partial charge in [-0.2, -0.15) is 0 Å². The Morgan fingerprint density at radius 3 is 2.75 bits per heavy atom. The van der Waals surface area contributed by atoms with Gasteiger partial charge in [0.1, 0.15) is 5.41 Å². The Labute approximate surface area is 78.0 Å². The maximum Gasteiger partial charge on any atom is 0.315 e. The number of aromatic nitrogens is 1. The van der Waals surface area contributed by atoms with E-state index < -0.39 is 11.4 Å². The lowest BCUT2D eigenvalue weighted by Gasteiger charge is -2.03.